The molecule has 1 aromatic carbocycles. The number of carbonyl (C=O) groups is 2. The second-order valence-corrected chi connectivity index (χ2v) is 4.33. The topological polar surface area (TPSA) is 66.8 Å². The van der Waals surface area contributed by atoms with Crippen LogP contribution in [0, 0.1) is 0 Å². The SMILES string of the molecule is COC(=O)C1=C(O)CC(=O)N(Cc2ccccc2)C1. The molecule has 2 rings (SSSR count). The summed E-state index contributed by atoms with van der Waals surface area (Å²) in [5.74, 6) is -0.988. The predicted molar refractivity (Wildman–Crippen MR) is 68.1 cm³/mol. The summed E-state index contributed by atoms with van der Waals surface area (Å²) in [5, 5.41) is 9.66. The molecule has 1 aromatic rings. The maximum Gasteiger partial charge on any atom is 0.338 e. The van der Waals surface area contributed by atoms with Crippen LogP contribution in [0.4, 0.5) is 0 Å². The average molecular weight is 261 g/mol. The van der Waals surface area contributed by atoms with Crippen molar-refractivity contribution in [3.63, 3.8) is 0 Å². The first-order chi connectivity index (χ1) is 9.11. The summed E-state index contributed by atoms with van der Waals surface area (Å²) in [6.07, 6.45) is -0.155. The first kappa shape index (κ1) is 13.1. The van der Waals surface area contributed by atoms with Crippen molar-refractivity contribution in [3.05, 3.63) is 47.2 Å². The van der Waals surface area contributed by atoms with Crippen LogP contribution in [0.1, 0.15) is 12.0 Å². The number of amides is 1. The first-order valence-electron chi connectivity index (χ1n) is 5.93. The molecule has 1 heterocycles. The lowest BCUT2D eigenvalue weighted by Gasteiger charge is -2.27. The van der Waals surface area contributed by atoms with Gasteiger partial charge < -0.3 is 14.7 Å². The summed E-state index contributed by atoms with van der Waals surface area (Å²) in [6, 6.07) is 9.48. The largest absolute Gasteiger partial charge is 0.511 e. The normalized spacial score (nSPS) is 15.6. The summed E-state index contributed by atoms with van der Waals surface area (Å²) in [7, 11) is 1.25. The molecule has 0 unspecified atom stereocenters. The fourth-order valence-corrected chi connectivity index (χ4v) is 1.99. The number of carbonyl (C=O) groups excluding carboxylic acids is 2. The standard InChI is InChI=1S/C14H15NO4/c1-19-14(18)11-9-15(13(17)7-12(11)16)8-10-5-3-2-4-6-10/h2-6,16H,7-9H2,1H3. The number of rotatable bonds is 3. The smallest absolute Gasteiger partial charge is 0.338 e. The Labute approximate surface area is 111 Å². The molecule has 0 radical (unpaired) electrons. The molecule has 0 atom stereocenters. The van der Waals surface area contributed by atoms with Crippen molar-refractivity contribution < 1.29 is 19.4 Å². The minimum absolute atomic E-state index is 0.0756. The second-order valence-electron chi connectivity index (χ2n) is 4.33. The minimum atomic E-state index is -0.594. The van der Waals surface area contributed by atoms with Gasteiger partial charge >= 0.3 is 5.97 Å². The molecule has 1 aliphatic heterocycles. The highest BCUT2D eigenvalue weighted by molar-refractivity contribution is 5.93. The molecule has 100 valence electrons. The van der Waals surface area contributed by atoms with E-state index in [-0.39, 0.29) is 30.2 Å². The monoisotopic (exact) mass is 261 g/mol. The Balaban J connectivity index is 2.15. The van der Waals surface area contributed by atoms with Gasteiger partial charge in [-0.3, -0.25) is 4.79 Å². The number of nitrogens with zero attached hydrogens (tertiary/aromatic N) is 1. The fraction of sp³-hybridized carbons (Fsp3) is 0.286. The molecule has 0 bridgehead atoms. The molecule has 0 fully saturated rings. The van der Waals surface area contributed by atoms with Crippen LogP contribution in [0.3, 0.4) is 0 Å². The van der Waals surface area contributed by atoms with Gasteiger partial charge in [0.1, 0.15) is 5.76 Å². The molecular weight excluding hydrogens is 246 g/mol. The lowest BCUT2D eigenvalue weighted by Crippen LogP contribution is -2.38. The van der Waals surface area contributed by atoms with E-state index in [0.29, 0.717) is 6.54 Å². The summed E-state index contributed by atoms with van der Waals surface area (Å²) < 4.78 is 4.60. The number of hydrogen-bond acceptors (Lipinski definition) is 4. The summed E-state index contributed by atoms with van der Waals surface area (Å²) in [6.45, 7) is 0.486. The molecule has 0 aromatic heterocycles. The van der Waals surface area contributed by atoms with Crippen molar-refractivity contribution in [1.82, 2.24) is 4.90 Å². The van der Waals surface area contributed by atoms with Crippen LogP contribution >= 0.6 is 0 Å². The third-order valence-electron chi connectivity index (χ3n) is 3.02. The number of hydrogen-bond donors (Lipinski definition) is 1. The van der Waals surface area contributed by atoms with Gasteiger partial charge in [0.2, 0.25) is 5.91 Å². The molecule has 5 heteroatoms. The van der Waals surface area contributed by atoms with Crippen LogP contribution in [0.5, 0.6) is 0 Å². The van der Waals surface area contributed by atoms with Crippen LogP contribution in [0.2, 0.25) is 0 Å². The van der Waals surface area contributed by atoms with Gasteiger partial charge in [-0.1, -0.05) is 30.3 Å². The van der Waals surface area contributed by atoms with Gasteiger partial charge in [-0.05, 0) is 5.56 Å². The van der Waals surface area contributed by atoms with Gasteiger partial charge in [-0.25, -0.2) is 4.79 Å². The van der Waals surface area contributed by atoms with Crippen molar-refractivity contribution >= 4 is 11.9 Å². The Morgan fingerprint density at radius 2 is 2.05 bits per heavy atom. The molecule has 1 amide bonds. The van der Waals surface area contributed by atoms with E-state index in [1.165, 1.54) is 12.0 Å². The number of methoxy groups -OCH3 is 1. The Hall–Kier alpha value is -2.30. The number of aliphatic hydroxyl groups excluding tert-OH is 1. The quantitative estimate of drug-likeness (QED) is 0.835. The maximum atomic E-state index is 11.8. The third kappa shape index (κ3) is 2.93. The predicted octanol–water partition coefficient (Wildman–Crippen LogP) is 1.40. The molecule has 1 N–H and O–H groups in total. The minimum Gasteiger partial charge on any atom is -0.511 e. The number of esters is 1. The highest BCUT2D eigenvalue weighted by Crippen LogP contribution is 2.20. The second kappa shape index (κ2) is 5.56. The summed E-state index contributed by atoms with van der Waals surface area (Å²) >= 11 is 0. The molecule has 5 nitrogen and oxygen atoms in total. The van der Waals surface area contributed by atoms with Crippen LogP contribution in [-0.2, 0) is 20.9 Å². The van der Waals surface area contributed by atoms with Gasteiger partial charge in [0.15, 0.2) is 0 Å². The Morgan fingerprint density at radius 3 is 2.68 bits per heavy atom. The van der Waals surface area contributed by atoms with Gasteiger partial charge in [-0.15, -0.1) is 0 Å². The molecule has 19 heavy (non-hydrogen) atoms. The van der Waals surface area contributed by atoms with E-state index >= 15 is 0 Å². The molecule has 0 aliphatic carbocycles. The van der Waals surface area contributed by atoms with Crippen LogP contribution in [-0.4, -0.2) is 35.5 Å². The number of ether oxygens (including phenoxy) is 1. The lowest BCUT2D eigenvalue weighted by atomic mass is 10.1. The maximum absolute atomic E-state index is 11.8. The molecular formula is C14H15NO4. The van der Waals surface area contributed by atoms with E-state index in [1.54, 1.807) is 0 Å². The zero-order chi connectivity index (χ0) is 13.8. The molecule has 1 aliphatic rings. The van der Waals surface area contributed by atoms with Gasteiger partial charge in [0, 0.05) is 6.54 Å². The third-order valence-corrected chi connectivity index (χ3v) is 3.02. The van der Waals surface area contributed by atoms with Gasteiger partial charge in [0.25, 0.3) is 0 Å². The first-order valence-corrected chi connectivity index (χ1v) is 5.93. The zero-order valence-corrected chi connectivity index (χ0v) is 10.6. The van der Waals surface area contributed by atoms with Crippen molar-refractivity contribution in [2.75, 3.05) is 13.7 Å². The van der Waals surface area contributed by atoms with Crippen molar-refractivity contribution in [2.24, 2.45) is 0 Å². The Morgan fingerprint density at radius 1 is 1.37 bits per heavy atom. The Kier molecular flexibility index (Phi) is 3.85. The summed E-state index contributed by atoms with van der Waals surface area (Å²) in [4.78, 5) is 24.9. The highest BCUT2D eigenvalue weighted by atomic mass is 16.5. The van der Waals surface area contributed by atoms with E-state index in [2.05, 4.69) is 4.74 Å². The van der Waals surface area contributed by atoms with E-state index in [9.17, 15) is 14.7 Å². The fourth-order valence-electron chi connectivity index (χ4n) is 1.99. The average Bonchev–Trinajstić information content (AvgIpc) is 2.42. The number of benzene rings is 1. The highest BCUT2D eigenvalue weighted by Gasteiger charge is 2.29. The number of aliphatic hydroxyl groups is 1. The molecule has 0 saturated heterocycles. The summed E-state index contributed by atoms with van der Waals surface area (Å²) in [5.41, 5.74) is 1.12. The van der Waals surface area contributed by atoms with E-state index in [0.717, 1.165) is 5.56 Å². The molecule has 0 saturated carbocycles. The van der Waals surface area contributed by atoms with Crippen LogP contribution in [0.15, 0.2) is 41.7 Å². The van der Waals surface area contributed by atoms with E-state index < -0.39 is 5.97 Å². The van der Waals surface area contributed by atoms with E-state index in [4.69, 9.17) is 0 Å². The van der Waals surface area contributed by atoms with Gasteiger partial charge in [0.05, 0.1) is 25.6 Å². The zero-order valence-electron chi connectivity index (χ0n) is 10.6. The van der Waals surface area contributed by atoms with Gasteiger partial charge in [-0.2, -0.15) is 0 Å². The van der Waals surface area contributed by atoms with Crippen molar-refractivity contribution in [3.8, 4) is 0 Å². The van der Waals surface area contributed by atoms with Crippen LogP contribution < -0.4 is 0 Å². The Bertz CT molecular complexity index is 522. The lowest BCUT2D eigenvalue weighted by molar-refractivity contribution is -0.138. The van der Waals surface area contributed by atoms with Crippen molar-refractivity contribution in [1.29, 1.82) is 0 Å². The van der Waals surface area contributed by atoms with Crippen molar-refractivity contribution in [2.45, 2.75) is 13.0 Å². The molecule has 0 spiro atoms. The van der Waals surface area contributed by atoms with E-state index in [1.807, 2.05) is 30.3 Å². The van der Waals surface area contributed by atoms with Crippen LogP contribution in [0.25, 0.3) is 0 Å².